The molecule has 2 rings (SSSR count). The summed E-state index contributed by atoms with van der Waals surface area (Å²) in [4.78, 5) is 13.7. The van der Waals surface area contributed by atoms with Crippen molar-refractivity contribution in [3.05, 3.63) is 66.0 Å². The first kappa shape index (κ1) is 18.1. The molecule has 0 heterocycles. The standard InChI is InChI=1S/C17H19FN2O3S/c1-2-20(13-14-6-4-3-5-7-14)17(21)12-19-24(22,23)16-10-8-15(18)9-11-16/h3-11,19H,2,12-13H2,1H3. The van der Waals surface area contributed by atoms with Gasteiger partial charge < -0.3 is 4.90 Å². The molecular weight excluding hydrogens is 331 g/mol. The van der Waals surface area contributed by atoms with Crippen LogP contribution in [0.4, 0.5) is 4.39 Å². The lowest BCUT2D eigenvalue weighted by Gasteiger charge is -2.21. The number of nitrogens with one attached hydrogen (secondary N) is 1. The van der Waals surface area contributed by atoms with Gasteiger partial charge in [0.15, 0.2) is 0 Å². The van der Waals surface area contributed by atoms with Gasteiger partial charge in [-0.05, 0) is 36.8 Å². The molecule has 0 atom stereocenters. The van der Waals surface area contributed by atoms with Gasteiger partial charge in [-0.15, -0.1) is 0 Å². The lowest BCUT2D eigenvalue weighted by molar-refractivity contribution is -0.130. The molecule has 1 amide bonds. The maximum absolute atomic E-state index is 12.9. The molecule has 2 aromatic rings. The van der Waals surface area contributed by atoms with Crippen LogP contribution in [-0.2, 0) is 21.4 Å². The Morgan fingerprint density at radius 3 is 2.29 bits per heavy atom. The smallest absolute Gasteiger partial charge is 0.241 e. The lowest BCUT2D eigenvalue weighted by atomic mass is 10.2. The van der Waals surface area contributed by atoms with Gasteiger partial charge in [-0.2, -0.15) is 0 Å². The molecule has 24 heavy (non-hydrogen) atoms. The Labute approximate surface area is 141 Å². The number of likely N-dealkylation sites (N-methyl/N-ethyl adjacent to an activating group) is 1. The second-order valence-corrected chi connectivity index (χ2v) is 6.94. The van der Waals surface area contributed by atoms with E-state index < -0.39 is 15.8 Å². The summed E-state index contributed by atoms with van der Waals surface area (Å²) in [6.07, 6.45) is 0. The molecule has 0 aliphatic rings. The van der Waals surface area contributed by atoms with E-state index in [0.717, 1.165) is 29.8 Å². The van der Waals surface area contributed by atoms with E-state index in [1.807, 2.05) is 37.3 Å². The largest absolute Gasteiger partial charge is 0.338 e. The van der Waals surface area contributed by atoms with Crippen molar-refractivity contribution in [2.24, 2.45) is 0 Å². The summed E-state index contributed by atoms with van der Waals surface area (Å²) in [6.45, 7) is 2.36. The van der Waals surface area contributed by atoms with Gasteiger partial charge >= 0.3 is 0 Å². The second-order valence-electron chi connectivity index (χ2n) is 5.17. The normalized spacial score (nSPS) is 11.2. The molecule has 0 aliphatic carbocycles. The molecule has 0 fully saturated rings. The zero-order valence-electron chi connectivity index (χ0n) is 13.3. The van der Waals surface area contributed by atoms with Crippen molar-refractivity contribution in [1.29, 1.82) is 0 Å². The first-order chi connectivity index (χ1) is 11.4. The van der Waals surface area contributed by atoms with Crippen molar-refractivity contribution in [2.45, 2.75) is 18.4 Å². The number of benzene rings is 2. The second kappa shape index (κ2) is 8.03. The topological polar surface area (TPSA) is 66.5 Å². The number of hydrogen-bond acceptors (Lipinski definition) is 3. The number of carbonyl (C=O) groups is 1. The number of nitrogens with zero attached hydrogens (tertiary/aromatic N) is 1. The molecule has 2 aromatic carbocycles. The number of sulfonamides is 1. The van der Waals surface area contributed by atoms with Crippen molar-refractivity contribution in [3.63, 3.8) is 0 Å². The maximum Gasteiger partial charge on any atom is 0.241 e. The third-order valence-electron chi connectivity index (χ3n) is 3.49. The minimum absolute atomic E-state index is 0.0807. The number of amides is 1. The van der Waals surface area contributed by atoms with Crippen LogP contribution in [0.25, 0.3) is 0 Å². The molecule has 1 N–H and O–H groups in total. The van der Waals surface area contributed by atoms with Gasteiger partial charge in [0.25, 0.3) is 0 Å². The summed E-state index contributed by atoms with van der Waals surface area (Å²) in [6, 6.07) is 13.9. The van der Waals surface area contributed by atoms with Crippen LogP contribution < -0.4 is 4.72 Å². The summed E-state index contributed by atoms with van der Waals surface area (Å²) in [7, 11) is -3.85. The molecule has 0 aliphatic heterocycles. The zero-order chi connectivity index (χ0) is 17.6. The molecule has 0 spiro atoms. The van der Waals surface area contributed by atoms with Gasteiger partial charge in [0, 0.05) is 13.1 Å². The van der Waals surface area contributed by atoms with Crippen LogP contribution in [0.3, 0.4) is 0 Å². The van der Waals surface area contributed by atoms with E-state index in [1.165, 1.54) is 0 Å². The van der Waals surface area contributed by atoms with Crippen LogP contribution in [0.15, 0.2) is 59.5 Å². The average Bonchev–Trinajstić information content (AvgIpc) is 2.59. The van der Waals surface area contributed by atoms with E-state index in [9.17, 15) is 17.6 Å². The molecule has 0 aromatic heterocycles. The molecule has 0 radical (unpaired) electrons. The van der Waals surface area contributed by atoms with Crippen molar-refractivity contribution in [1.82, 2.24) is 9.62 Å². The summed E-state index contributed by atoms with van der Waals surface area (Å²) in [5.74, 6) is -0.850. The Kier molecular flexibility index (Phi) is 6.05. The molecule has 0 saturated carbocycles. The minimum Gasteiger partial charge on any atom is -0.338 e. The highest BCUT2D eigenvalue weighted by Crippen LogP contribution is 2.10. The van der Waals surface area contributed by atoms with E-state index in [1.54, 1.807) is 4.90 Å². The van der Waals surface area contributed by atoms with Crippen LogP contribution >= 0.6 is 0 Å². The summed E-state index contributed by atoms with van der Waals surface area (Å²) >= 11 is 0. The monoisotopic (exact) mass is 350 g/mol. The fourth-order valence-electron chi connectivity index (χ4n) is 2.15. The van der Waals surface area contributed by atoms with E-state index in [2.05, 4.69) is 4.72 Å². The molecule has 128 valence electrons. The average molecular weight is 350 g/mol. The maximum atomic E-state index is 12.9. The fraction of sp³-hybridized carbons (Fsp3) is 0.235. The molecule has 7 heteroatoms. The summed E-state index contributed by atoms with van der Waals surface area (Å²) in [5, 5.41) is 0. The van der Waals surface area contributed by atoms with Crippen LogP contribution in [0, 0.1) is 5.82 Å². The van der Waals surface area contributed by atoms with Gasteiger partial charge in [0.1, 0.15) is 5.82 Å². The van der Waals surface area contributed by atoms with Crippen LogP contribution in [0.1, 0.15) is 12.5 Å². The fourth-order valence-corrected chi connectivity index (χ4v) is 3.12. The Hall–Kier alpha value is -2.25. The van der Waals surface area contributed by atoms with Crippen LogP contribution in [-0.4, -0.2) is 32.3 Å². The SMILES string of the molecule is CCN(Cc1ccccc1)C(=O)CNS(=O)(=O)c1ccc(F)cc1. The van der Waals surface area contributed by atoms with Crippen molar-refractivity contribution >= 4 is 15.9 Å². The molecule has 0 saturated heterocycles. The number of carbonyl (C=O) groups excluding carboxylic acids is 1. The first-order valence-electron chi connectivity index (χ1n) is 7.49. The number of hydrogen-bond donors (Lipinski definition) is 1. The molecule has 5 nitrogen and oxygen atoms in total. The Balaban J connectivity index is 1.99. The first-order valence-corrected chi connectivity index (χ1v) is 8.97. The predicted octanol–water partition coefficient (Wildman–Crippen LogP) is 2.15. The van der Waals surface area contributed by atoms with E-state index in [-0.39, 0.29) is 17.3 Å². The summed E-state index contributed by atoms with van der Waals surface area (Å²) < 4.78 is 39.4. The van der Waals surface area contributed by atoms with Crippen molar-refractivity contribution in [2.75, 3.05) is 13.1 Å². The quantitative estimate of drug-likeness (QED) is 0.832. The zero-order valence-corrected chi connectivity index (χ0v) is 14.1. The third kappa shape index (κ3) is 4.87. The Morgan fingerprint density at radius 2 is 1.71 bits per heavy atom. The van der Waals surface area contributed by atoms with Gasteiger partial charge in [0.05, 0.1) is 11.4 Å². The Morgan fingerprint density at radius 1 is 1.08 bits per heavy atom. The van der Waals surface area contributed by atoms with E-state index in [4.69, 9.17) is 0 Å². The highest BCUT2D eigenvalue weighted by molar-refractivity contribution is 7.89. The highest BCUT2D eigenvalue weighted by atomic mass is 32.2. The van der Waals surface area contributed by atoms with Gasteiger partial charge in [0.2, 0.25) is 15.9 Å². The minimum atomic E-state index is -3.85. The third-order valence-corrected chi connectivity index (χ3v) is 4.91. The van der Waals surface area contributed by atoms with Crippen LogP contribution in [0.2, 0.25) is 0 Å². The van der Waals surface area contributed by atoms with Crippen molar-refractivity contribution < 1.29 is 17.6 Å². The summed E-state index contributed by atoms with van der Waals surface area (Å²) in [5.41, 5.74) is 0.967. The van der Waals surface area contributed by atoms with Crippen molar-refractivity contribution in [3.8, 4) is 0 Å². The van der Waals surface area contributed by atoms with Crippen LogP contribution in [0.5, 0.6) is 0 Å². The predicted molar refractivity (Wildman–Crippen MR) is 89.1 cm³/mol. The van der Waals surface area contributed by atoms with E-state index >= 15 is 0 Å². The Bertz CT molecular complexity index is 777. The van der Waals surface area contributed by atoms with Gasteiger partial charge in [-0.1, -0.05) is 30.3 Å². The van der Waals surface area contributed by atoms with Gasteiger partial charge in [-0.3, -0.25) is 4.79 Å². The number of rotatable bonds is 7. The molecular formula is C17H19FN2O3S. The molecule has 0 unspecified atom stereocenters. The van der Waals surface area contributed by atoms with E-state index in [0.29, 0.717) is 13.1 Å². The lowest BCUT2D eigenvalue weighted by Crippen LogP contribution is -2.39. The molecule has 0 bridgehead atoms. The number of halogens is 1. The van der Waals surface area contributed by atoms with Gasteiger partial charge in [-0.25, -0.2) is 17.5 Å². The highest BCUT2D eigenvalue weighted by Gasteiger charge is 2.18.